The van der Waals surface area contributed by atoms with Gasteiger partial charge in [-0.15, -0.1) is 0 Å². The summed E-state index contributed by atoms with van der Waals surface area (Å²) in [6.45, 7) is 4.42. The second-order valence-corrected chi connectivity index (χ2v) is 8.91. The van der Waals surface area contributed by atoms with E-state index in [1.807, 2.05) is 30.3 Å². The molecule has 0 bridgehead atoms. The molecule has 5 rings (SSSR count). The number of halogens is 2. The van der Waals surface area contributed by atoms with Crippen molar-refractivity contribution >= 4 is 11.9 Å². The third-order valence-electron chi connectivity index (χ3n) is 6.50. The van der Waals surface area contributed by atoms with Gasteiger partial charge in [0.2, 0.25) is 11.8 Å². The number of benzene rings is 2. The fourth-order valence-electron chi connectivity index (χ4n) is 4.44. The summed E-state index contributed by atoms with van der Waals surface area (Å²) in [5.74, 6) is -0.156. The van der Waals surface area contributed by atoms with Gasteiger partial charge in [-0.3, -0.25) is 4.79 Å². The number of amides is 1. The minimum atomic E-state index is -0.873. The van der Waals surface area contributed by atoms with Crippen molar-refractivity contribution in [1.82, 2.24) is 14.9 Å². The zero-order valence-electron chi connectivity index (χ0n) is 19.0. The summed E-state index contributed by atoms with van der Waals surface area (Å²) in [7, 11) is 0. The molecule has 176 valence electrons. The van der Waals surface area contributed by atoms with Crippen LogP contribution in [0.5, 0.6) is 11.6 Å². The number of piperidine rings is 1. The molecule has 0 atom stereocenters. The number of carbonyl (C=O) groups is 1. The largest absolute Gasteiger partial charge is 0.438 e. The van der Waals surface area contributed by atoms with E-state index < -0.39 is 23.1 Å². The van der Waals surface area contributed by atoms with Gasteiger partial charge in [-0.1, -0.05) is 31.2 Å². The Morgan fingerprint density at radius 2 is 1.68 bits per heavy atom. The molecule has 0 spiro atoms. The number of ether oxygens (including phenoxy) is 1. The van der Waals surface area contributed by atoms with E-state index >= 15 is 0 Å². The second-order valence-electron chi connectivity index (χ2n) is 8.91. The van der Waals surface area contributed by atoms with Crippen molar-refractivity contribution in [3.63, 3.8) is 0 Å². The molecule has 1 aromatic heterocycles. The van der Waals surface area contributed by atoms with Crippen molar-refractivity contribution in [2.75, 3.05) is 24.5 Å². The number of hydrogen-bond donors (Lipinski definition) is 0. The first-order valence-corrected chi connectivity index (χ1v) is 11.6. The van der Waals surface area contributed by atoms with E-state index in [9.17, 15) is 13.6 Å². The van der Waals surface area contributed by atoms with Gasteiger partial charge in [0.15, 0.2) is 0 Å². The predicted octanol–water partition coefficient (Wildman–Crippen LogP) is 4.98. The van der Waals surface area contributed by atoms with Crippen molar-refractivity contribution in [1.29, 1.82) is 0 Å². The molecule has 1 saturated heterocycles. The van der Waals surface area contributed by atoms with Crippen LogP contribution in [0.1, 0.15) is 41.4 Å². The van der Waals surface area contributed by atoms with Crippen molar-refractivity contribution in [3.8, 4) is 11.6 Å². The molecule has 1 fully saturated rings. The third-order valence-corrected chi connectivity index (χ3v) is 6.50. The summed E-state index contributed by atoms with van der Waals surface area (Å²) in [6.07, 6.45) is 2.60. The van der Waals surface area contributed by atoms with Gasteiger partial charge in [0.1, 0.15) is 22.9 Å². The number of anilines is 1. The SMILES string of the molecule is CC1CCN(c2nc3c(c(Oc4ccccc4)n2)CN(C(=O)c2c(F)cccc2F)CC3)CC1. The summed E-state index contributed by atoms with van der Waals surface area (Å²) >= 11 is 0. The molecule has 8 heteroatoms. The van der Waals surface area contributed by atoms with Crippen LogP contribution in [0.4, 0.5) is 14.7 Å². The van der Waals surface area contributed by atoms with Crippen LogP contribution in [0.3, 0.4) is 0 Å². The van der Waals surface area contributed by atoms with Gasteiger partial charge in [0.05, 0.1) is 17.8 Å². The molecule has 34 heavy (non-hydrogen) atoms. The van der Waals surface area contributed by atoms with Gasteiger partial charge in [0.25, 0.3) is 5.91 Å². The molecular weight excluding hydrogens is 438 g/mol. The average molecular weight is 465 g/mol. The Kier molecular flexibility index (Phi) is 6.13. The number of nitrogens with zero attached hydrogens (tertiary/aromatic N) is 4. The Morgan fingerprint density at radius 1 is 0.971 bits per heavy atom. The lowest BCUT2D eigenvalue weighted by Crippen LogP contribution is -2.39. The average Bonchev–Trinajstić information content (AvgIpc) is 2.84. The van der Waals surface area contributed by atoms with E-state index in [1.165, 1.54) is 11.0 Å². The van der Waals surface area contributed by atoms with E-state index in [0.29, 0.717) is 42.0 Å². The summed E-state index contributed by atoms with van der Waals surface area (Å²) in [6, 6.07) is 12.7. The molecule has 3 aromatic rings. The Balaban J connectivity index is 1.49. The van der Waals surface area contributed by atoms with Crippen LogP contribution in [-0.4, -0.2) is 40.4 Å². The standard InChI is InChI=1S/C26H26F2N4O2/c1-17-10-13-31(14-11-17)26-29-22-12-15-32(25(33)23-20(27)8-5-9-21(23)28)16-19(22)24(30-26)34-18-6-3-2-4-7-18/h2-9,17H,10-16H2,1H3. The number of rotatable bonds is 4. The summed E-state index contributed by atoms with van der Waals surface area (Å²) < 4.78 is 34.7. The molecule has 2 aliphatic heterocycles. The summed E-state index contributed by atoms with van der Waals surface area (Å²) in [5, 5.41) is 0. The maximum atomic E-state index is 14.3. The molecule has 3 heterocycles. The van der Waals surface area contributed by atoms with Gasteiger partial charge in [-0.25, -0.2) is 13.8 Å². The highest BCUT2D eigenvalue weighted by atomic mass is 19.1. The van der Waals surface area contributed by atoms with Crippen LogP contribution in [0.25, 0.3) is 0 Å². The molecule has 0 N–H and O–H groups in total. The van der Waals surface area contributed by atoms with E-state index in [1.54, 1.807) is 0 Å². The minimum absolute atomic E-state index is 0.113. The molecule has 2 aromatic carbocycles. The number of aromatic nitrogens is 2. The maximum Gasteiger partial charge on any atom is 0.260 e. The molecule has 0 aliphatic carbocycles. The van der Waals surface area contributed by atoms with Crippen molar-refractivity contribution < 1.29 is 18.3 Å². The Hall–Kier alpha value is -3.55. The fourth-order valence-corrected chi connectivity index (χ4v) is 4.44. The molecule has 1 amide bonds. The van der Waals surface area contributed by atoms with Gasteiger partial charge in [0, 0.05) is 26.1 Å². The highest BCUT2D eigenvalue weighted by molar-refractivity contribution is 5.95. The zero-order chi connectivity index (χ0) is 23.7. The lowest BCUT2D eigenvalue weighted by atomic mass is 9.99. The van der Waals surface area contributed by atoms with Gasteiger partial charge in [-0.05, 0) is 43.0 Å². The second kappa shape index (κ2) is 9.37. The lowest BCUT2D eigenvalue weighted by Gasteiger charge is -2.33. The van der Waals surface area contributed by atoms with Crippen LogP contribution in [0.15, 0.2) is 48.5 Å². The number of hydrogen-bond acceptors (Lipinski definition) is 5. The molecule has 6 nitrogen and oxygen atoms in total. The van der Waals surface area contributed by atoms with Crippen LogP contribution in [0, 0.1) is 17.6 Å². The number of carbonyl (C=O) groups excluding carboxylic acids is 1. The highest BCUT2D eigenvalue weighted by Crippen LogP contribution is 2.33. The van der Waals surface area contributed by atoms with Gasteiger partial charge < -0.3 is 14.5 Å². The molecule has 2 aliphatic rings. The van der Waals surface area contributed by atoms with E-state index in [-0.39, 0.29) is 6.54 Å². The Bertz CT molecular complexity index is 1180. The number of fused-ring (bicyclic) bond motifs is 1. The summed E-state index contributed by atoms with van der Waals surface area (Å²) in [5.41, 5.74) is 0.915. The summed E-state index contributed by atoms with van der Waals surface area (Å²) in [4.78, 5) is 26.2. The Morgan fingerprint density at radius 3 is 2.38 bits per heavy atom. The molecule has 0 saturated carbocycles. The highest BCUT2D eigenvalue weighted by Gasteiger charge is 2.31. The monoisotopic (exact) mass is 464 g/mol. The van der Waals surface area contributed by atoms with Gasteiger partial charge >= 0.3 is 0 Å². The molecule has 0 unspecified atom stereocenters. The van der Waals surface area contributed by atoms with Crippen LogP contribution < -0.4 is 9.64 Å². The normalized spacial score (nSPS) is 16.3. The van der Waals surface area contributed by atoms with Gasteiger partial charge in [-0.2, -0.15) is 4.98 Å². The van der Waals surface area contributed by atoms with Crippen molar-refractivity contribution in [2.24, 2.45) is 5.92 Å². The zero-order valence-corrected chi connectivity index (χ0v) is 19.0. The Labute approximate surface area is 197 Å². The quantitative estimate of drug-likeness (QED) is 0.545. The van der Waals surface area contributed by atoms with Crippen LogP contribution >= 0.6 is 0 Å². The van der Waals surface area contributed by atoms with Crippen molar-refractivity contribution in [3.05, 3.63) is 77.0 Å². The maximum absolute atomic E-state index is 14.3. The number of para-hydroxylation sites is 1. The first-order valence-electron chi connectivity index (χ1n) is 11.6. The van der Waals surface area contributed by atoms with E-state index in [2.05, 4.69) is 11.8 Å². The molecule has 0 radical (unpaired) electrons. The molecular formula is C26H26F2N4O2. The predicted molar refractivity (Wildman–Crippen MR) is 124 cm³/mol. The van der Waals surface area contributed by atoms with E-state index in [4.69, 9.17) is 14.7 Å². The van der Waals surface area contributed by atoms with Crippen LogP contribution in [0.2, 0.25) is 0 Å². The first-order chi connectivity index (χ1) is 16.5. The first kappa shape index (κ1) is 22.3. The van der Waals surface area contributed by atoms with Crippen molar-refractivity contribution in [2.45, 2.75) is 32.7 Å². The third kappa shape index (κ3) is 4.44. The topological polar surface area (TPSA) is 58.6 Å². The fraction of sp³-hybridized carbons (Fsp3) is 0.346. The smallest absolute Gasteiger partial charge is 0.260 e. The lowest BCUT2D eigenvalue weighted by molar-refractivity contribution is 0.0722. The van der Waals surface area contributed by atoms with Crippen LogP contribution in [-0.2, 0) is 13.0 Å². The van der Waals surface area contributed by atoms with E-state index in [0.717, 1.165) is 43.8 Å². The minimum Gasteiger partial charge on any atom is -0.438 e.